The Bertz CT molecular complexity index is 514. The molecule has 0 unspecified atom stereocenters. The average Bonchev–Trinajstić information content (AvgIpc) is 2.48. The molecule has 0 radical (unpaired) electrons. The first-order valence-electron chi connectivity index (χ1n) is 6.49. The van der Waals surface area contributed by atoms with Crippen LogP contribution in [0.25, 0.3) is 11.3 Å². The van der Waals surface area contributed by atoms with E-state index in [2.05, 4.69) is 28.3 Å². The summed E-state index contributed by atoms with van der Waals surface area (Å²) in [6.07, 6.45) is 6.27. The molecule has 0 aliphatic heterocycles. The molecule has 1 aromatic heterocycles. The van der Waals surface area contributed by atoms with Crippen molar-refractivity contribution in [2.45, 2.75) is 19.9 Å². The summed E-state index contributed by atoms with van der Waals surface area (Å²) in [4.78, 5) is 8.42. The lowest BCUT2D eigenvalue weighted by atomic mass is 10.1. The summed E-state index contributed by atoms with van der Waals surface area (Å²) >= 11 is 0. The SMILES string of the molecule is CCCNCc1cc(-c2cnccn2)ccc1OC. The van der Waals surface area contributed by atoms with Gasteiger partial charge in [-0.1, -0.05) is 6.92 Å². The highest BCUT2D eigenvalue weighted by Gasteiger charge is 2.06. The summed E-state index contributed by atoms with van der Waals surface area (Å²) in [6.45, 7) is 3.95. The van der Waals surface area contributed by atoms with Crippen molar-refractivity contribution in [2.75, 3.05) is 13.7 Å². The van der Waals surface area contributed by atoms with Gasteiger partial charge in [0.15, 0.2) is 0 Å². The van der Waals surface area contributed by atoms with Gasteiger partial charge in [-0.15, -0.1) is 0 Å². The Labute approximate surface area is 113 Å². The molecule has 0 atom stereocenters. The van der Waals surface area contributed by atoms with Crippen LogP contribution in [0.3, 0.4) is 0 Å². The Morgan fingerprint density at radius 3 is 2.84 bits per heavy atom. The second kappa shape index (κ2) is 6.85. The number of nitrogens with zero attached hydrogens (tertiary/aromatic N) is 2. The zero-order chi connectivity index (χ0) is 13.5. The van der Waals surface area contributed by atoms with Crippen LogP contribution < -0.4 is 10.1 Å². The van der Waals surface area contributed by atoms with Crippen LogP contribution in [0.5, 0.6) is 5.75 Å². The number of aromatic nitrogens is 2. The van der Waals surface area contributed by atoms with Gasteiger partial charge in [0.25, 0.3) is 0 Å². The van der Waals surface area contributed by atoms with Crippen molar-refractivity contribution >= 4 is 0 Å². The highest BCUT2D eigenvalue weighted by molar-refractivity contribution is 5.61. The lowest BCUT2D eigenvalue weighted by Gasteiger charge is -2.11. The Morgan fingerprint density at radius 2 is 2.16 bits per heavy atom. The van der Waals surface area contributed by atoms with Gasteiger partial charge in [-0.2, -0.15) is 0 Å². The standard InChI is InChI=1S/C15H19N3O/c1-3-6-16-10-13-9-12(4-5-15(13)19-2)14-11-17-7-8-18-14/h4-5,7-9,11,16H,3,6,10H2,1-2H3. The zero-order valence-corrected chi connectivity index (χ0v) is 11.4. The zero-order valence-electron chi connectivity index (χ0n) is 11.4. The highest BCUT2D eigenvalue weighted by atomic mass is 16.5. The molecule has 4 heteroatoms. The second-order valence-corrected chi connectivity index (χ2v) is 4.29. The molecule has 1 heterocycles. The molecule has 0 saturated carbocycles. The third kappa shape index (κ3) is 3.51. The van der Waals surface area contributed by atoms with Crippen molar-refractivity contribution in [3.8, 4) is 17.0 Å². The van der Waals surface area contributed by atoms with Crippen LogP contribution in [0.2, 0.25) is 0 Å². The first kappa shape index (κ1) is 13.5. The van der Waals surface area contributed by atoms with E-state index >= 15 is 0 Å². The maximum absolute atomic E-state index is 5.39. The van der Waals surface area contributed by atoms with Gasteiger partial charge >= 0.3 is 0 Å². The average molecular weight is 257 g/mol. The van der Waals surface area contributed by atoms with Crippen LogP contribution in [-0.2, 0) is 6.54 Å². The van der Waals surface area contributed by atoms with Crippen LogP contribution in [0.15, 0.2) is 36.8 Å². The normalized spacial score (nSPS) is 10.4. The second-order valence-electron chi connectivity index (χ2n) is 4.29. The Hall–Kier alpha value is -1.94. The molecule has 2 aromatic rings. The summed E-state index contributed by atoms with van der Waals surface area (Å²) in [5.41, 5.74) is 3.07. The van der Waals surface area contributed by atoms with E-state index in [1.807, 2.05) is 12.1 Å². The number of ether oxygens (including phenoxy) is 1. The van der Waals surface area contributed by atoms with Gasteiger partial charge in [-0.25, -0.2) is 0 Å². The minimum absolute atomic E-state index is 0.797. The minimum Gasteiger partial charge on any atom is -0.496 e. The molecule has 4 nitrogen and oxygen atoms in total. The van der Waals surface area contributed by atoms with Crippen molar-refractivity contribution in [2.24, 2.45) is 0 Å². The molecule has 100 valence electrons. The van der Waals surface area contributed by atoms with E-state index in [1.54, 1.807) is 25.7 Å². The van der Waals surface area contributed by atoms with Crippen LogP contribution in [-0.4, -0.2) is 23.6 Å². The molecule has 0 bridgehead atoms. The van der Waals surface area contributed by atoms with E-state index in [1.165, 1.54) is 0 Å². The fourth-order valence-corrected chi connectivity index (χ4v) is 1.92. The molecule has 0 amide bonds. The summed E-state index contributed by atoms with van der Waals surface area (Å²) in [5.74, 6) is 0.899. The largest absolute Gasteiger partial charge is 0.496 e. The van der Waals surface area contributed by atoms with E-state index in [4.69, 9.17) is 4.74 Å². The molecule has 0 saturated heterocycles. The van der Waals surface area contributed by atoms with Crippen LogP contribution in [0, 0.1) is 0 Å². The summed E-state index contributed by atoms with van der Waals surface area (Å²) < 4.78 is 5.39. The predicted octanol–water partition coefficient (Wildman–Crippen LogP) is 2.65. The lowest BCUT2D eigenvalue weighted by molar-refractivity contribution is 0.408. The van der Waals surface area contributed by atoms with Gasteiger partial charge in [-0.05, 0) is 31.2 Å². The smallest absolute Gasteiger partial charge is 0.123 e. The van der Waals surface area contributed by atoms with Crippen molar-refractivity contribution in [3.05, 3.63) is 42.4 Å². The maximum Gasteiger partial charge on any atom is 0.123 e. The van der Waals surface area contributed by atoms with Crippen molar-refractivity contribution in [3.63, 3.8) is 0 Å². The van der Waals surface area contributed by atoms with Crippen molar-refractivity contribution in [1.82, 2.24) is 15.3 Å². The predicted molar refractivity (Wildman–Crippen MR) is 76.0 cm³/mol. The molecule has 2 rings (SSSR count). The molecule has 1 N–H and O–H groups in total. The number of methoxy groups -OCH3 is 1. The minimum atomic E-state index is 0.797. The van der Waals surface area contributed by atoms with E-state index in [9.17, 15) is 0 Å². The first-order chi connectivity index (χ1) is 9.35. The molecule has 1 aromatic carbocycles. The highest BCUT2D eigenvalue weighted by Crippen LogP contribution is 2.25. The Balaban J connectivity index is 2.25. The summed E-state index contributed by atoms with van der Waals surface area (Å²) in [5, 5.41) is 3.39. The Kier molecular flexibility index (Phi) is 4.86. The fraction of sp³-hybridized carbons (Fsp3) is 0.333. The molecular formula is C15H19N3O. The van der Waals surface area contributed by atoms with Gasteiger partial charge < -0.3 is 10.1 Å². The van der Waals surface area contributed by atoms with E-state index in [0.29, 0.717) is 0 Å². The van der Waals surface area contributed by atoms with E-state index in [-0.39, 0.29) is 0 Å². The quantitative estimate of drug-likeness (QED) is 0.808. The monoisotopic (exact) mass is 257 g/mol. The van der Waals surface area contributed by atoms with Crippen LogP contribution in [0.4, 0.5) is 0 Å². The topological polar surface area (TPSA) is 47.0 Å². The van der Waals surface area contributed by atoms with Gasteiger partial charge in [-0.3, -0.25) is 9.97 Å². The molecule has 0 spiro atoms. The van der Waals surface area contributed by atoms with Crippen LogP contribution >= 0.6 is 0 Å². The van der Waals surface area contributed by atoms with Gasteiger partial charge in [0.1, 0.15) is 5.75 Å². The van der Waals surface area contributed by atoms with Gasteiger partial charge in [0, 0.05) is 30.1 Å². The van der Waals surface area contributed by atoms with Crippen molar-refractivity contribution in [1.29, 1.82) is 0 Å². The summed E-state index contributed by atoms with van der Waals surface area (Å²) in [7, 11) is 1.70. The third-order valence-electron chi connectivity index (χ3n) is 2.88. The Morgan fingerprint density at radius 1 is 1.26 bits per heavy atom. The van der Waals surface area contributed by atoms with Crippen molar-refractivity contribution < 1.29 is 4.74 Å². The number of hydrogen-bond donors (Lipinski definition) is 1. The number of nitrogens with one attached hydrogen (secondary N) is 1. The molecule has 19 heavy (non-hydrogen) atoms. The summed E-state index contributed by atoms with van der Waals surface area (Å²) in [6, 6.07) is 6.09. The fourth-order valence-electron chi connectivity index (χ4n) is 1.92. The number of hydrogen-bond acceptors (Lipinski definition) is 4. The van der Waals surface area contributed by atoms with Gasteiger partial charge in [0.05, 0.1) is 19.0 Å². The third-order valence-corrected chi connectivity index (χ3v) is 2.88. The maximum atomic E-state index is 5.39. The van der Waals surface area contributed by atoms with E-state index < -0.39 is 0 Å². The van der Waals surface area contributed by atoms with Gasteiger partial charge in [0.2, 0.25) is 0 Å². The molecule has 0 aliphatic rings. The number of benzene rings is 1. The number of rotatable bonds is 6. The lowest BCUT2D eigenvalue weighted by Crippen LogP contribution is -2.14. The molecule has 0 fully saturated rings. The van der Waals surface area contributed by atoms with Crippen LogP contribution in [0.1, 0.15) is 18.9 Å². The first-order valence-corrected chi connectivity index (χ1v) is 6.49. The molecule has 0 aliphatic carbocycles. The molecular weight excluding hydrogens is 238 g/mol. The van der Waals surface area contributed by atoms with E-state index in [0.717, 1.165) is 42.1 Å².